The van der Waals surface area contributed by atoms with Crippen molar-refractivity contribution in [1.29, 1.82) is 0 Å². The Morgan fingerprint density at radius 2 is 2.55 bits per heavy atom. The first-order valence-corrected chi connectivity index (χ1v) is 4.44. The van der Waals surface area contributed by atoms with E-state index in [0.717, 1.165) is 19.6 Å². The van der Waals surface area contributed by atoms with E-state index in [9.17, 15) is 0 Å². The van der Waals surface area contributed by atoms with Crippen LogP contribution in [-0.2, 0) is 0 Å². The van der Waals surface area contributed by atoms with Gasteiger partial charge in [0, 0.05) is 6.54 Å². The molecular formula is C7H15N3S. The van der Waals surface area contributed by atoms with Gasteiger partial charge in [-0.3, -0.25) is 0 Å². The fourth-order valence-electron chi connectivity index (χ4n) is 1.34. The zero-order valence-corrected chi connectivity index (χ0v) is 7.41. The Balaban J connectivity index is 2.09. The van der Waals surface area contributed by atoms with Crippen LogP contribution in [0, 0.1) is 5.92 Å². The summed E-state index contributed by atoms with van der Waals surface area (Å²) in [7, 11) is 0. The van der Waals surface area contributed by atoms with Crippen molar-refractivity contribution in [2.75, 3.05) is 19.6 Å². The fourth-order valence-corrected chi connectivity index (χ4v) is 1.43. The number of nitrogens with two attached hydrogens (primary N) is 1. The molecule has 1 aliphatic heterocycles. The molecule has 3 nitrogen and oxygen atoms in total. The van der Waals surface area contributed by atoms with Crippen molar-refractivity contribution >= 4 is 17.3 Å². The van der Waals surface area contributed by atoms with Gasteiger partial charge in [-0.25, -0.2) is 0 Å². The molecule has 4 heteroatoms. The minimum absolute atomic E-state index is 0.413. The van der Waals surface area contributed by atoms with Gasteiger partial charge in [-0.2, -0.15) is 0 Å². The predicted octanol–water partition coefficient (Wildman–Crippen LogP) is -0.181. The maximum absolute atomic E-state index is 5.31. The van der Waals surface area contributed by atoms with Crippen LogP contribution in [0.4, 0.5) is 0 Å². The van der Waals surface area contributed by atoms with Crippen LogP contribution < -0.4 is 16.4 Å². The van der Waals surface area contributed by atoms with Crippen LogP contribution in [0.2, 0.25) is 0 Å². The molecule has 1 aliphatic rings. The molecule has 1 atom stereocenters. The van der Waals surface area contributed by atoms with E-state index < -0.39 is 0 Å². The molecule has 1 saturated heterocycles. The van der Waals surface area contributed by atoms with E-state index in [1.807, 2.05) is 0 Å². The molecule has 0 aliphatic carbocycles. The molecule has 11 heavy (non-hydrogen) atoms. The summed E-state index contributed by atoms with van der Waals surface area (Å²) < 4.78 is 0. The molecule has 64 valence electrons. The number of nitrogens with one attached hydrogen (secondary N) is 2. The largest absolute Gasteiger partial charge is 0.376 e. The Bertz CT molecular complexity index is 132. The molecule has 0 aromatic heterocycles. The molecule has 1 heterocycles. The second-order valence-corrected chi connectivity index (χ2v) is 3.40. The molecule has 1 fully saturated rings. The third-order valence-electron chi connectivity index (χ3n) is 1.96. The van der Waals surface area contributed by atoms with Crippen LogP contribution in [0.25, 0.3) is 0 Å². The summed E-state index contributed by atoms with van der Waals surface area (Å²) >= 11 is 4.71. The normalized spacial score (nSPS) is 24.5. The summed E-state index contributed by atoms with van der Waals surface area (Å²) in [6.07, 6.45) is 2.55. The summed E-state index contributed by atoms with van der Waals surface area (Å²) in [5.74, 6) is 0.699. The highest BCUT2D eigenvalue weighted by Crippen LogP contribution is 2.07. The summed E-state index contributed by atoms with van der Waals surface area (Å²) in [4.78, 5) is 0. The minimum atomic E-state index is 0.413. The summed E-state index contributed by atoms with van der Waals surface area (Å²) in [5, 5.41) is 6.73. The van der Waals surface area contributed by atoms with Gasteiger partial charge in [0.1, 0.15) is 0 Å². The Morgan fingerprint density at radius 1 is 1.73 bits per heavy atom. The van der Waals surface area contributed by atoms with Crippen LogP contribution in [0.1, 0.15) is 12.8 Å². The predicted molar refractivity (Wildman–Crippen MR) is 50.4 cm³/mol. The molecule has 0 bridgehead atoms. The number of piperidine rings is 1. The van der Waals surface area contributed by atoms with Crippen LogP contribution in [0.3, 0.4) is 0 Å². The van der Waals surface area contributed by atoms with Gasteiger partial charge in [0.05, 0.1) is 0 Å². The number of thiocarbonyl (C=S) groups is 1. The van der Waals surface area contributed by atoms with Gasteiger partial charge in [0.15, 0.2) is 5.11 Å². The highest BCUT2D eigenvalue weighted by molar-refractivity contribution is 7.80. The number of rotatable bonds is 2. The Morgan fingerprint density at radius 3 is 3.09 bits per heavy atom. The van der Waals surface area contributed by atoms with Gasteiger partial charge in [0.25, 0.3) is 0 Å². The standard InChI is InChI=1S/C7H15N3S/c8-7(11)10-5-6-2-1-3-9-4-6/h6,9H,1-5H2,(H3,8,10,11). The number of hydrogen-bond donors (Lipinski definition) is 3. The van der Waals surface area contributed by atoms with Crippen LogP contribution in [0.5, 0.6) is 0 Å². The topological polar surface area (TPSA) is 50.1 Å². The molecule has 1 unspecified atom stereocenters. The highest BCUT2D eigenvalue weighted by atomic mass is 32.1. The lowest BCUT2D eigenvalue weighted by atomic mass is 10.00. The number of hydrogen-bond acceptors (Lipinski definition) is 2. The zero-order chi connectivity index (χ0) is 8.10. The average molecular weight is 173 g/mol. The third kappa shape index (κ3) is 3.53. The lowest BCUT2D eigenvalue weighted by molar-refractivity contribution is 0.376. The van der Waals surface area contributed by atoms with Crippen LogP contribution in [0.15, 0.2) is 0 Å². The van der Waals surface area contributed by atoms with Crippen molar-refractivity contribution in [3.63, 3.8) is 0 Å². The van der Waals surface area contributed by atoms with Crippen molar-refractivity contribution in [3.05, 3.63) is 0 Å². The second kappa shape index (κ2) is 4.51. The molecule has 0 spiro atoms. The third-order valence-corrected chi connectivity index (χ3v) is 2.11. The second-order valence-electron chi connectivity index (χ2n) is 2.96. The monoisotopic (exact) mass is 173 g/mol. The van der Waals surface area contributed by atoms with Crippen LogP contribution >= 0.6 is 12.2 Å². The zero-order valence-electron chi connectivity index (χ0n) is 6.60. The molecule has 0 amide bonds. The van der Waals surface area contributed by atoms with Gasteiger partial charge >= 0.3 is 0 Å². The lowest BCUT2D eigenvalue weighted by Gasteiger charge is -2.22. The molecule has 0 aromatic rings. The van der Waals surface area contributed by atoms with E-state index in [1.54, 1.807) is 0 Å². The average Bonchev–Trinajstić information content (AvgIpc) is 2.03. The molecular weight excluding hydrogens is 158 g/mol. The maximum atomic E-state index is 5.31. The van der Waals surface area contributed by atoms with E-state index in [1.165, 1.54) is 12.8 Å². The minimum Gasteiger partial charge on any atom is -0.376 e. The smallest absolute Gasteiger partial charge is 0.163 e. The van der Waals surface area contributed by atoms with E-state index in [4.69, 9.17) is 18.0 Å². The van der Waals surface area contributed by atoms with Gasteiger partial charge < -0.3 is 16.4 Å². The van der Waals surface area contributed by atoms with Crippen molar-refractivity contribution < 1.29 is 0 Å². The SMILES string of the molecule is NC(=S)NCC1CCCNC1. The molecule has 0 radical (unpaired) electrons. The lowest BCUT2D eigenvalue weighted by Crippen LogP contribution is -2.39. The maximum Gasteiger partial charge on any atom is 0.163 e. The Labute approximate surface area is 72.7 Å². The van der Waals surface area contributed by atoms with E-state index >= 15 is 0 Å². The Kier molecular flexibility index (Phi) is 3.59. The first-order chi connectivity index (χ1) is 5.29. The molecule has 4 N–H and O–H groups in total. The van der Waals surface area contributed by atoms with Crippen molar-refractivity contribution in [2.24, 2.45) is 11.7 Å². The van der Waals surface area contributed by atoms with Gasteiger partial charge in [-0.05, 0) is 44.1 Å². The van der Waals surface area contributed by atoms with E-state index in [0.29, 0.717) is 11.0 Å². The summed E-state index contributed by atoms with van der Waals surface area (Å²) in [5.41, 5.74) is 5.31. The van der Waals surface area contributed by atoms with Crippen LogP contribution in [-0.4, -0.2) is 24.7 Å². The van der Waals surface area contributed by atoms with Crippen molar-refractivity contribution in [2.45, 2.75) is 12.8 Å². The molecule has 1 rings (SSSR count). The van der Waals surface area contributed by atoms with Crippen molar-refractivity contribution in [3.8, 4) is 0 Å². The fraction of sp³-hybridized carbons (Fsp3) is 0.857. The first-order valence-electron chi connectivity index (χ1n) is 4.03. The van der Waals surface area contributed by atoms with Gasteiger partial charge in [-0.1, -0.05) is 0 Å². The Hall–Kier alpha value is -0.350. The summed E-state index contributed by atoms with van der Waals surface area (Å²) in [6.45, 7) is 3.17. The first kappa shape index (κ1) is 8.74. The quantitative estimate of drug-likeness (QED) is 0.507. The molecule has 0 saturated carbocycles. The van der Waals surface area contributed by atoms with Gasteiger partial charge in [-0.15, -0.1) is 0 Å². The van der Waals surface area contributed by atoms with E-state index in [2.05, 4.69) is 10.6 Å². The van der Waals surface area contributed by atoms with Gasteiger partial charge in [0.2, 0.25) is 0 Å². The van der Waals surface area contributed by atoms with Crippen molar-refractivity contribution in [1.82, 2.24) is 10.6 Å². The highest BCUT2D eigenvalue weighted by Gasteiger charge is 2.11. The molecule has 0 aromatic carbocycles. The summed E-state index contributed by atoms with van der Waals surface area (Å²) in [6, 6.07) is 0. The van der Waals surface area contributed by atoms with E-state index in [-0.39, 0.29) is 0 Å².